The fourth-order valence-electron chi connectivity index (χ4n) is 1.54. The molecule has 0 N–H and O–H groups in total. The van der Waals surface area contributed by atoms with Crippen molar-refractivity contribution in [1.29, 1.82) is 0 Å². The maximum Gasteiger partial charge on any atom is 0.189 e. The monoisotopic (exact) mass is 269 g/mol. The van der Waals surface area contributed by atoms with Crippen molar-refractivity contribution in [1.82, 2.24) is 15.0 Å². The van der Waals surface area contributed by atoms with Crippen LogP contribution >= 0.6 is 11.8 Å². The van der Waals surface area contributed by atoms with Crippen LogP contribution in [0.4, 0.5) is 0 Å². The number of aromatic nitrogens is 3. The number of nitrogens with zero attached hydrogens (tertiary/aromatic N) is 3. The summed E-state index contributed by atoms with van der Waals surface area (Å²) in [6.45, 7) is 2.38. The summed E-state index contributed by atoms with van der Waals surface area (Å²) in [6.07, 6.45) is 7.25. The lowest BCUT2D eigenvalue weighted by Crippen LogP contribution is -2.00. The minimum atomic E-state index is 0.172. The predicted octanol–water partition coefficient (Wildman–Crippen LogP) is 1.86. The third-order valence-electron chi connectivity index (χ3n) is 2.57. The van der Waals surface area contributed by atoms with Crippen LogP contribution in [0.15, 0.2) is 6.20 Å². The lowest BCUT2D eigenvalue weighted by atomic mass is 10.2. The molecule has 0 bridgehead atoms. The normalized spacial score (nSPS) is 10.6. The van der Waals surface area contributed by atoms with Crippen molar-refractivity contribution >= 4 is 22.7 Å². The molecule has 0 fully saturated rings. The van der Waals surface area contributed by atoms with Gasteiger partial charge in [-0.15, -0.1) is 5.10 Å². The molecule has 0 saturated heterocycles. The van der Waals surface area contributed by atoms with Gasteiger partial charge in [-0.25, -0.2) is 0 Å². The van der Waals surface area contributed by atoms with E-state index in [9.17, 15) is 9.59 Å². The quantitative estimate of drug-likeness (QED) is 0.674. The van der Waals surface area contributed by atoms with Crippen LogP contribution in [0.25, 0.3) is 0 Å². The summed E-state index contributed by atoms with van der Waals surface area (Å²) >= 11 is 1.24. The second-order valence-corrected chi connectivity index (χ2v) is 5.07. The molecule has 0 aromatic carbocycles. The lowest BCUT2D eigenvalue weighted by Gasteiger charge is -1.98. The van der Waals surface area contributed by atoms with E-state index in [0.29, 0.717) is 19.3 Å². The van der Waals surface area contributed by atoms with Crippen LogP contribution in [0.5, 0.6) is 0 Å². The smallest absolute Gasteiger partial charge is 0.189 e. The highest BCUT2D eigenvalue weighted by atomic mass is 32.2. The van der Waals surface area contributed by atoms with E-state index in [2.05, 4.69) is 10.3 Å². The second kappa shape index (κ2) is 8.02. The van der Waals surface area contributed by atoms with Crippen molar-refractivity contribution in [3.63, 3.8) is 0 Å². The number of thioether (sulfide) groups is 1. The van der Waals surface area contributed by atoms with Gasteiger partial charge in [0.25, 0.3) is 0 Å². The molecule has 1 aromatic rings. The number of rotatable bonds is 8. The van der Waals surface area contributed by atoms with Crippen molar-refractivity contribution in [3.05, 3.63) is 11.9 Å². The van der Waals surface area contributed by atoms with E-state index >= 15 is 0 Å². The van der Waals surface area contributed by atoms with Crippen LogP contribution in [0.3, 0.4) is 0 Å². The fourth-order valence-corrected chi connectivity index (χ4v) is 1.85. The maximum absolute atomic E-state index is 11.1. The SMILES string of the molecule is CSC(=O)CCc1cn(CCCCC(C)=O)nn1. The molecule has 0 unspecified atom stereocenters. The first kappa shape index (κ1) is 14.9. The van der Waals surface area contributed by atoms with Gasteiger partial charge in [0.1, 0.15) is 5.78 Å². The van der Waals surface area contributed by atoms with E-state index in [-0.39, 0.29) is 10.9 Å². The van der Waals surface area contributed by atoms with Crippen molar-refractivity contribution in [2.75, 3.05) is 6.26 Å². The molecule has 1 aromatic heterocycles. The molecular weight excluding hydrogens is 250 g/mol. The third kappa shape index (κ3) is 5.95. The van der Waals surface area contributed by atoms with Crippen molar-refractivity contribution < 1.29 is 9.59 Å². The minimum absolute atomic E-state index is 0.172. The highest BCUT2D eigenvalue weighted by Crippen LogP contribution is 2.06. The molecule has 0 aliphatic carbocycles. The van der Waals surface area contributed by atoms with Crippen LogP contribution in [0, 0.1) is 0 Å². The number of ketones is 1. The van der Waals surface area contributed by atoms with Gasteiger partial charge >= 0.3 is 0 Å². The Bertz CT molecular complexity index is 404. The fraction of sp³-hybridized carbons (Fsp3) is 0.667. The summed E-state index contributed by atoms with van der Waals surface area (Å²) in [5.74, 6) is 0.227. The van der Waals surface area contributed by atoms with E-state index in [1.807, 2.05) is 6.20 Å². The number of Topliss-reactive ketones (excluding diaryl/α,β-unsaturated/α-hetero) is 1. The van der Waals surface area contributed by atoms with Crippen molar-refractivity contribution in [2.45, 2.75) is 45.6 Å². The summed E-state index contributed by atoms with van der Waals surface area (Å²) < 4.78 is 1.78. The van der Waals surface area contributed by atoms with Crippen LogP contribution in [-0.2, 0) is 22.6 Å². The molecule has 5 nitrogen and oxygen atoms in total. The largest absolute Gasteiger partial charge is 0.300 e. The zero-order chi connectivity index (χ0) is 13.4. The first-order valence-corrected chi connectivity index (χ1v) is 7.29. The minimum Gasteiger partial charge on any atom is -0.300 e. The number of hydrogen-bond acceptors (Lipinski definition) is 5. The molecule has 100 valence electrons. The Balaban J connectivity index is 2.25. The Labute approximate surface area is 111 Å². The average Bonchev–Trinajstić information content (AvgIpc) is 2.79. The van der Waals surface area contributed by atoms with Crippen LogP contribution in [-0.4, -0.2) is 32.1 Å². The Morgan fingerprint density at radius 1 is 1.33 bits per heavy atom. The summed E-state index contributed by atoms with van der Waals surface area (Å²) in [5, 5.41) is 8.19. The molecular formula is C12H19N3O2S. The van der Waals surface area contributed by atoms with Crippen LogP contribution < -0.4 is 0 Å². The van der Waals surface area contributed by atoms with Gasteiger partial charge < -0.3 is 4.79 Å². The highest BCUT2D eigenvalue weighted by Gasteiger charge is 2.04. The Morgan fingerprint density at radius 2 is 2.11 bits per heavy atom. The van der Waals surface area contributed by atoms with Gasteiger partial charge in [-0.2, -0.15) is 0 Å². The standard InChI is InChI=1S/C12H19N3O2S/c1-10(16)5-3-4-8-15-9-11(13-14-15)6-7-12(17)18-2/h9H,3-8H2,1-2H3. The molecule has 0 saturated carbocycles. The number of carbonyl (C=O) groups is 2. The van der Waals surface area contributed by atoms with E-state index in [1.54, 1.807) is 17.9 Å². The van der Waals surface area contributed by atoms with Gasteiger partial charge in [0.2, 0.25) is 0 Å². The molecule has 0 spiro atoms. The van der Waals surface area contributed by atoms with Gasteiger partial charge in [0.05, 0.1) is 5.69 Å². The first-order chi connectivity index (χ1) is 8.61. The lowest BCUT2D eigenvalue weighted by molar-refractivity contribution is -0.117. The Hall–Kier alpha value is -1.17. The van der Waals surface area contributed by atoms with Gasteiger partial charge in [0.15, 0.2) is 5.12 Å². The van der Waals surface area contributed by atoms with Crippen LogP contribution in [0.2, 0.25) is 0 Å². The van der Waals surface area contributed by atoms with Crippen molar-refractivity contribution in [2.24, 2.45) is 0 Å². The van der Waals surface area contributed by atoms with Crippen molar-refractivity contribution in [3.8, 4) is 0 Å². The average molecular weight is 269 g/mol. The predicted molar refractivity (Wildman–Crippen MR) is 71.4 cm³/mol. The van der Waals surface area contributed by atoms with Gasteiger partial charge in [-0.1, -0.05) is 17.0 Å². The number of carbonyl (C=O) groups excluding carboxylic acids is 2. The number of aryl methyl sites for hydroxylation is 2. The molecule has 0 atom stereocenters. The molecule has 1 heterocycles. The molecule has 1 rings (SSSR count). The molecule has 0 aliphatic rings. The first-order valence-electron chi connectivity index (χ1n) is 6.07. The Morgan fingerprint density at radius 3 is 2.78 bits per heavy atom. The van der Waals surface area contributed by atoms with Crippen LogP contribution in [0.1, 0.15) is 38.3 Å². The topological polar surface area (TPSA) is 64.8 Å². The summed E-state index contributed by atoms with van der Waals surface area (Å²) in [7, 11) is 0. The number of unbranched alkanes of at least 4 members (excludes halogenated alkanes) is 1. The third-order valence-corrected chi connectivity index (χ3v) is 3.22. The zero-order valence-corrected chi connectivity index (χ0v) is 11.7. The van der Waals surface area contributed by atoms with E-state index in [1.165, 1.54) is 11.8 Å². The summed E-state index contributed by atoms with van der Waals surface area (Å²) in [6, 6.07) is 0. The zero-order valence-electron chi connectivity index (χ0n) is 10.9. The van der Waals surface area contributed by atoms with Gasteiger partial charge in [-0.3, -0.25) is 9.48 Å². The van der Waals surface area contributed by atoms with E-state index in [0.717, 1.165) is 25.1 Å². The molecule has 6 heteroatoms. The maximum atomic E-state index is 11.1. The van der Waals surface area contributed by atoms with E-state index < -0.39 is 0 Å². The molecule has 0 radical (unpaired) electrons. The Kier molecular flexibility index (Phi) is 6.64. The number of hydrogen-bond donors (Lipinski definition) is 0. The summed E-state index contributed by atoms with van der Waals surface area (Å²) in [4.78, 5) is 21.9. The van der Waals surface area contributed by atoms with Gasteiger partial charge in [0, 0.05) is 32.0 Å². The van der Waals surface area contributed by atoms with E-state index in [4.69, 9.17) is 0 Å². The molecule has 0 amide bonds. The van der Waals surface area contributed by atoms with Gasteiger partial charge in [-0.05, 0) is 26.0 Å². The highest BCUT2D eigenvalue weighted by molar-refractivity contribution is 8.13. The second-order valence-electron chi connectivity index (χ2n) is 4.21. The molecule has 18 heavy (non-hydrogen) atoms. The molecule has 0 aliphatic heterocycles. The summed E-state index contributed by atoms with van der Waals surface area (Å²) in [5.41, 5.74) is 0.851.